The minimum absolute atomic E-state index is 0.0945. The van der Waals surface area contributed by atoms with Gasteiger partial charge < -0.3 is 4.90 Å². The van der Waals surface area contributed by atoms with Gasteiger partial charge in [0.05, 0.1) is 0 Å². The third-order valence-electron chi connectivity index (χ3n) is 6.10. The van der Waals surface area contributed by atoms with Crippen LogP contribution in [0, 0.1) is 5.82 Å². The molecule has 0 heterocycles. The van der Waals surface area contributed by atoms with Crippen LogP contribution in [0.25, 0.3) is 22.3 Å². The van der Waals surface area contributed by atoms with Crippen molar-refractivity contribution in [2.45, 2.75) is 45.4 Å². The van der Waals surface area contributed by atoms with E-state index in [9.17, 15) is 9.18 Å². The summed E-state index contributed by atoms with van der Waals surface area (Å²) in [4.78, 5) is 13.2. The first-order valence-electron chi connectivity index (χ1n) is 11.9. The van der Waals surface area contributed by atoms with Crippen molar-refractivity contribution in [3.63, 3.8) is 0 Å². The molecule has 1 amide bonds. The maximum atomic E-state index is 14.8. The average molecular weight is 444 g/mol. The van der Waals surface area contributed by atoms with Gasteiger partial charge >= 0.3 is 0 Å². The Morgan fingerprint density at radius 1 is 0.848 bits per heavy atom. The molecule has 172 valence electrons. The minimum atomic E-state index is -0.216. The predicted molar refractivity (Wildman–Crippen MR) is 137 cm³/mol. The maximum Gasteiger partial charge on any atom is 0.245 e. The van der Waals surface area contributed by atoms with Crippen LogP contribution in [-0.4, -0.2) is 24.4 Å². The Labute approximate surface area is 197 Å². The topological polar surface area (TPSA) is 20.3 Å². The van der Waals surface area contributed by atoms with Crippen molar-refractivity contribution >= 4 is 5.91 Å². The van der Waals surface area contributed by atoms with Crippen LogP contribution in [0.1, 0.15) is 43.7 Å². The Morgan fingerprint density at radius 3 is 2.03 bits per heavy atom. The Hall–Kier alpha value is -3.20. The van der Waals surface area contributed by atoms with Crippen LogP contribution in [-0.2, 0) is 17.6 Å². The first-order chi connectivity index (χ1) is 16.0. The first kappa shape index (κ1) is 24.4. The highest BCUT2D eigenvalue weighted by atomic mass is 19.1. The van der Waals surface area contributed by atoms with Crippen molar-refractivity contribution in [1.29, 1.82) is 0 Å². The van der Waals surface area contributed by atoms with Crippen LogP contribution in [0.5, 0.6) is 0 Å². The molecule has 0 fully saturated rings. The largest absolute Gasteiger partial charge is 0.342 e. The Morgan fingerprint density at radius 2 is 1.42 bits per heavy atom. The summed E-state index contributed by atoms with van der Waals surface area (Å²) in [5.41, 5.74) is 6.10. The zero-order valence-corrected chi connectivity index (χ0v) is 19.8. The lowest BCUT2D eigenvalue weighted by Crippen LogP contribution is -2.25. The molecule has 0 radical (unpaired) electrons. The molecule has 0 aliphatic carbocycles. The molecule has 0 N–H and O–H groups in total. The molecule has 2 nitrogen and oxygen atoms in total. The fraction of sp³-hybridized carbons (Fsp3) is 0.300. The van der Waals surface area contributed by atoms with Crippen LogP contribution < -0.4 is 0 Å². The van der Waals surface area contributed by atoms with Crippen LogP contribution in [0.2, 0.25) is 0 Å². The molecule has 0 bridgehead atoms. The van der Waals surface area contributed by atoms with E-state index < -0.39 is 0 Å². The SMILES string of the molecule is C=CC(=O)N(C)CCCc1ccc(-c2ccc(-c3ccc(CCCCC)cc3)cc2)c(F)c1. The molecule has 0 spiro atoms. The van der Waals surface area contributed by atoms with Gasteiger partial charge in [0.25, 0.3) is 0 Å². The van der Waals surface area contributed by atoms with Gasteiger partial charge in [0.2, 0.25) is 5.91 Å². The molecule has 0 saturated carbocycles. The second kappa shape index (κ2) is 12.2. The number of aryl methyl sites for hydroxylation is 2. The number of amides is 1. The molecule has 0 aromatic heterocycles. The van der Waals surface area contributed by atoms with Crippen molar-refractivity contribution in [3.8, 4) is 22.3 Å². The van der Waals surface area contributed by atoms with Gasteiger partial charge in [-0.2, -0.15) is 0 Å². The number of likely N-dealkylation sites (N-methyl/N-ethyl adjacent to an activating group) is 1. The summed E-state index contributed by atoms with van der Waals surface area (Å²) >= 11 is 0. The van der Waals surface area contributed by atoms with Crippen LogP contribution in [0.4, 0.5) is 4.39 Å². The van der Waals surface area contributed by atoms with E-state index >= 15 is 0 Å². The third-order valence-corrected chi connectivity index (χ3v) is 6.10. The van der Waals surface area contributed by atoms with Crippen molar-refractivity contribution in [3.05, 3.63) is 96.3 Å². The van der Waals surface area contributed by atoms with Crippen LogP contribution in [0.3, 0.4) is 0 Å². The summed E-state index contributed by atoms with van der Waals surface area (Å²) in [6, 6.07) is 22.3. The van der Waals surface area contributed by atoms with Gasteiger partial charge in [-0.15, -0.1) is 0 Å². The first-order valence-corrected chi connectivity index (χ1v) is 11.9. The summed E-state index contributed by atoms with van der Waals surface area (Å²) < 4.78 is 14.8. The van der Waals surface area contributed by atoms with E-state index in [1.54, 1.807) is 18.0 Å². The maximum absolute atomic E-state index is 14.8. The smallest absolute Gasteiger partial charge is 0.245 e. The van der Waals surface area contributed by atoms with Crippen molar-refractivity contribution < 1.29 is 9.18 Å². The average Bonchev–Trinajstić information content (AvgIpc) is 2.84. The minimum Gasteiger partial charge on any atom is -0.342 e. The van der Waals surface area contributed by atoms with Gasteiger partial charge in [-0.3, -0.25) is 4.79 Å². The molecule has 3 rings (SSSR count). The van der Waals surface area contributed by atoms with E-state index in [2.05, 4.69) is 49.9 Å². The molecular formula is C30H34FNO. The lowest BCUT2D eigenvalue weighted by atomic mass is 9.97. The molecule has 0 atom stereocenters. The number of benzene rings is 3. The lowest BCUT2D eigenvalue weighted by Gasteiger charge is -2.14. The van der Waals surface area contributed by atoms with Gasteiger partial charge in [0.1, 0.15) is 5.82 Å². The van der Waals surface area contributed by atoms with Gasteiger partial charge in [-0.1, -0.05) is 87.0 Å². The summed E-state index contributed by atoms with van der Waals surface area (Å²) in [7, 11) is 1.75. The van der Waals surface area contributed by atoms with Gasteiger partial charge in [0, 0.05) is 19.2 Å². The number of nitrogens with zero attached hydrogens (tertiary/aromatic N) is 1. The van der Waals surface area contributed by atoms with Crippen LogP contribution in [0.15, 0.2) is 79.4 Å². The zero-order chi connectivity index (χ0) is 23.6. The third kappa shape index (κ3) is 6.89. The number of halogens is 1. The Bertz CT molecular complexity index is 1050. The fourth-order valence-electron chi connectivity index (χ4n) is 4.02. The highest BCUT2D eigenvalue weighted by molar-refractivity contribution is 5.86. The molecule has 0 unspecified atom stereocenters. The van der Waals surface area contributed by atoms with Crippen LogP contribution >= 0.6 is 0 Å². The summed E-state index contributed by atoms with van der Waals surface area (Å²) in [5, 5.41) is 0. The predicted octanol–water partition coefficient (Wildman–Crippen LogP) is 7.47. The standard InChI is InChI=1S/C30H34FNO/c1-4-6-7-9-23-11-14-25(15-12-23)26-16-18-27(19-17-26)28-20-13-24(22-29(28)31)10-8-21-32(3)30(33)5-2/h5,11-20,22H,2,4,6-10,21H2,1,3H3. The number of carbonyl (C=O) groups is 1. The highest BCUT2D eigenvalue weighted by Gasteiger charge is 2.09. The number of unbranched alkanes of at least 4 members (excludes halogenated alkanes) is 2. The molecule has 0 aliphatic rings. The van der Waals surface area contributed by atoms with Crippen molar-refractivity contribution in [1.82, 2.24) is 4.90 Å². The fourth-order valence-corrected chi connectivity index (χ4v) is 4.02. The van der Waals surface area contributed by atoms with E-state index in [0.717, 1.165) is 36.0 Å². The van der Waals surface area contributed by atoms with E-state index in [-0.39, 0.29) is 11.7 Å². The molecular weight excluding hydrogens is 409 g/mol. The lowest BCUT2D eigenvalue weighted by molar-refractivity contribution is -0.124. The van der Waals surface area contributed by atoms with Gasteiger partial charge in [-0.25, -0.2) is 4.39 Å². The van der Waals surface area contributed by atoms with E-state index in [0.29, 0.717) is 12.1 Å². The number of carbonyl (C=O) groups excluding carboxylic acids is 1. The van der Waals surface area contributed by atoms with Crippen molar-refractivity contribution in [2.75, 3.05) is 13.6 Å². The second-order valence-corrected chi connectivity index (χ2v) is 8.61. The van der Waals surface area contributed by atoms with E-state index in [4.69, 9.17) is 0 Å². The number of rotatable bonds is 11. The number of hydrogen-bond donors (Lipinski definition) is 0. The van der Waals surface area contributed by atoms with Gasteiger partial charge in [0.15, 0.2) is 0 Å². The highest BCUT2D eigenvalue weighted by Crippen LogP contribution is 2.28. The molecule has 3 aromatic carbocycles. The molecule has 0 aliphatic heterocycles. The van der Waals surface area contributed by atoms with Gasteiger partial charge in [-0.05, 0) is 65.6 Å². The number of hydrogen-bond acceptors (Lipinski definition) is 1. The van der Waals surface area contributed by atoms with E-state index in [1.165, 1.54) is 36.5 Å². The summed E-state index contributed by atoms with van der Waals surface area (Å²) in [6.45, 7) is 6.34. The molecule has 0 saturated heterocycles. The zero-order valence-electron chi connectivity index (χ0n) is 19.8. The molecule has 33 heavy (non-hydrogen) atoms. The molecule has 3 aromatic rings. The quantitative estimate of drug-likeness (QED) is 0.222. The van der Waals surface area contributed by atoms with E-state index in [1.807, 2.05) is 24.3 Å². The monoisotopic (exact) mass is 443 g/mol. The Kier molecular flexibility index (Phi) is 9.00. The second-order valence-electron chi connectivity index (χ2n) is 8.61. The Balaban J connectivity index is 1.62. The molecule has 3 heteroatoms. The normalized spacial score (nSPS) is 10.8. The van der Waals surface area contributed by atoms with Crippen molar-refractivity contribution in [2.24, 2.45) is 0 Å². The summed E-state index contributed by atoms with van der Waals surface area (Å²) in [6.07, 6.45) is 7.69. The summed E-state index contributed by atoms with van der Waals surface area (Å²) in [5.74, 6) is -0.310.